The first-order chi connectivity index (χ1) is 22.4. The number of aliphatic carboxylic acids is 1. The predicted molar refractivity (Wildman–Crippen MR) is 239 cm³/mol. The van der Waals surface area contributed by atoms with Crippen molar-refractivity contribution in [2.45, 2.75) is 213 Å². The van der Waals surface area contributed by atoms with Gasteiger partial charge < -0.3 is 10.2 Å². The molecule has 0 saturated heterocycles. The Morgan fingerprint density at radius 1 is 0.367 bits per heavy atom. The van der Waals surface area contributed by atoms with Crippen LogP contribution in [0.3, 0.4) is 0 Å². The zero-order chi connectivity index (χ0) is 42.4. The standard InChI is InChI=1S/6C5H10.C4H8O.C3H6O2.3C3H8/c6*1-4-5(2)3;1-4(2)3-5;1-2-3(4)5;3*1-3-2/h6*4H,1-3H3;3,5H,1-2H3;2H2,1H3,(H,4,5);3*3H2,1-2H3. The lowest BCUT2D eigenvalue weighted by molar-refractivity contribution is -0.136. The van der Waals surface area contributed by atoms with Gasteiger partial charge in [-0.3, -0.25) is 4.79 Å². The van der Waals surface area contributed by atoms with Crippen molar-refractivity contribution in [3.05, 3.63) is 81.7 Å². The Bertz CT molecular complexity index is 578. The highest BCUT2D eigenvalue weighted by atomic mass is 16.4. The van der Waals surface area contributed by atoms with E-state index in [0.717, 1.165) is 11.8 Å². The first-order valence-electron chi connectivity index (χ1n) is 18.5. The summed E-state index contributed by atoms with van der Waals surface area (Å²) in [7, 11) is 0. The van der Waals surface area contributed by atoms with E-state index in [9.17, 15) is 4.79 Å². The number of aliphatic hydroxyl groups is 1. The molecule has 300 valence electrons. The number of carboxylic acids is 1. The van der Waals surface area contributed by atoms with Gasteiger partial charge >= 0.3 is 5.97 Å². The van der Waals surface area contributed by atoms with Gasteiger partial charge in [0, 0.05) is 6.42 Å². The number of hydrogen-bond donors (Lipinski definition) is 2. The maximum atomic E-state index is 9.37. The van der Waals surface area contributed by atoms with Crippen LogP contribution in [0.1, 0.15) is 213 Å². The van der Waals surface area contributed by atoms with Gasteiger partial charge in [-0.05, 0) is 144 Å². The van der Waals surface area contributed by atoms with Crippen LogP contribution >= 0.6 is 0 Å². The summed E-state index contributed by atoms with van der Waals surface area (Å²) in [6.07, 6.45) is 17.6. The van der Waals surface area contributed by atoms with Crippen molar-refractivity contribution >= 4 is 5.97 Å². The molecule has 0 rings (SSSR count). The summed E-state index contributed by atoms with van der Waals surface area (Å²) in [5, 5.41) is 15.7. The fourth-order valence-corrected chi connectivity index (χ4v) is 0. The van der Waals surface area contributed by atoms with Gasteiger partial charge in [0.15, 0.2) is 0 Å². The lowest BCUT2D eigenvalue weighted by atomic mass is 10.3. The van der Waals surface area contributed by atoms with Crippen LogP contribution in [0.2, 0.25) is 0 Å². The van der Waals surface area contributed by atoms with Crippen molar-refractivity contribution in [3.8, 4) is 0 Å². The number of rotatable bonds is 1. The molecule has 0 aliphatic rings. The van der Waals surface area contributed by atoms with E-state index in [1.165, 1.54) is 52.7 Å². The van der Waals surface area contributed by atoms with Crippen molar-refractivity contribution in [1.82, 2.24) is 0 Å². The molecule has 0 heterocycles. The molecule has 49 heavy (non-hydrogen) atoms. The van der Waals surface area contributed by atoms with E-state index in [4.69, 9.17) is 10.2 Å². The van der Waals surface area contributed by atoms with E-state index in [1.807, 2.05) is 55.4 Å². The Labute approximate surface area is 314 Å². The lowest BCUT2D eigenvalue weighted by Crippen LogP contribution is -1.86. The lowest BCUT2D eigenvalue weighted by Gasteiger charge is -1.74. The highest BCUT2D eigenvalue weighted by molar-refractivity contribution is 5.66. The monoisotopic (exact) mass is 699 g/mol. The molecule has 3 heteroatoms. The largest absolute Gasteiger partial charge is 0.516 e. The van der Waals surface area contributed by atoms with E-state index in [1.54, 1.807) is 6.92 Å². The van der Waals surface area contributed by atoms with Gasteiger partial charge in [-0.2, -0.15) is 0 Å². The predicted octanol–water partition coefficient (Wildman–Crippen LogP) is 18.0. The van der Waals surface area contributed by atoms with Gasteiger partial charge in [0.05, 0.1) is 6.26 Å². The molecule has 0 aromatic rings. The van der Waals surface area contributed by atoms with Gasteiger partial charge in [-0.15, -0.1) is 0 Å². The van der Waals surface area contributed by atoms with Gasteiger partial charge in [0.1, 0.15) is 0 Å². The summed E-state index contributed by atoms with van der Waals surface area (Å²) < 4.78 is 0. The number of aliphatic hydroxyl groups excluding tert-OH is 1. The van der Waals surface area contributed by atoms with E-state index >= 15 is 0 Å². The zero-order valence-electron chi connectivity index (χ0n) is 39.2. The Morgan fingerprint density at radius 3 is 0.429 bits per heavy atom. The first kappa shape index (κ1) is 76.4. The summed E-state index contributed by atoms with van der Waals surface area (Å²) in [4.78, 5) is 9.37. The summed E-state index contributed by atoms with van der Waals surface area (Å²) in [5.41, 5.74) is 9.21. The molecule has 0 saturated carbocycles. The molecular weight excluding hydrogens is 601 g/mol. The van der Waals surface area contributed by atoms with Crippen LogP contribution in [0.25, 0.3) is 0 Å². The van der Waals surface area contributed by atoms with Crippen LogP contribution in [-0.2, 0) is 4.79 Å². The fraction of sp³-hybridized carbons (Fsp3) is 0.674. The third-order valence-corrected chi connectivity index (χ3v) is 4.02. The smallest absolute Gasteiger partial charge is 0.303 e. The van der Waals surface area contributed by atoms with Gasteiger partial charge in [0.2, 0.25) is 0 Å². The van der Waals surface area contributed by atoms with E-state index in [0.29, 0.717) is 0 Å². The third-order valence-electron chi connectivity index (χ3n) is 4.02. The highest BCUT2D eigenvalue weighted by Crippen LogP contribution is 1.85. The maximum absolute atomic E-state index is 9.37. The van der Waals surface area contributed by atoms with Crippen molar-refractivity contribution in [2.24, 2.45) is 0 Å². The molecule has 0 amide bonds. The number of hydrogen-bond acceptors (Lipinski definition) is 2. The van der Waals surface area contributed by atoms with E-state index in [2.05, 4.69) is 161 Å². The van der Waals surface area contributed by atoms with Crippen LogP contribution < -0.4 is 0 Å². The first-order valence-corrected chi connectivity index (χ1v) is 18.5. The van der Waals surface area contributed by atoms with Crippen LogP contribution in [0.5, 0.6) is 0 Å². The quantitative estimate of drug-likeness (QED) is 0.212. The van der Waals surface area contributed by atoms with Crippen molar-refractivity contribution in [2.75, 3.05) is 0 Å². The summed E-state index contributed by atoms with van der Waals surface area (Å²) >= 11 is 0. The minimum atomic E-state index is -0.745. The number of carbonyl (C=O) groups is 1. The molecule has 0 bridgehead atoms. The van der Waals surface area contributed by atoms with E-state index < -0.39 is 5.97 Å². The highest BCUT2D eigenvalue weighted by Gasteiger charge is 1.80. The molecule has 0 atom stereocenters. The van der Waals surface area contributed by atoms with Crippen molar-refractivity contribution < 1.29 is 15.0 Å². The average molecular weight is 699 g/mol. The van der Waals surface area contributed by atoms with Gasteiger partial charge in [0.25, 0.3) is 0 Å². The molecule has 0 fully saturated rings. The summed E-state index contributed by atoms with van der Waals surface area (Å²) in [5.74, 6) is -0.745. The summed E-state index contributed by atoms with van der Waals surface area (Å²) in [6, 6.07) is 0. The van der Waals surface area contributed by atoms with Crippen molar-refractivity contribution in [3.63, 3.8) is 0 Å². The Hall–Kier alpha value is -2.55. The molecule has 0 aliphatic carbocycles. The van der Waals surface area contributed by atoms with Gasteiger partial charge in [-0.1, -0.05) is 138 Å². The van der Waals surface area contributed by atoms with Crippen molar-refractivity contribution in [1.29, 1.82) is 0 Å². The molecule has 2 N–H and O–H groups in total. The maximum Gasteiger partial charge on any atom is 0.303 e. The third kappa shape index (κ3) is 474. The van der Waals surface area contributed by atoms with E-state index in [-0.39, 0.29) is 6.42 Å². The van der Waals surface area contributed by atoms with Gasteiger partial charge in [-0.25, -0.2) is 0 Å². The van der Waals surface area contributed by atoms with Crippen LogP contribution in [0.4, 0.5) is 0 Å². The minimum Gasteiger partial charge on any atom is -0.516 e. The zero-order valence-corrected chi connectivity index (χ0v) is 39.2. The van der Waals surface area contributed by atoms with Crippen LogP contribution in [0, 0.1) is 0 Å². The SMILES string of the molecule is CC(C)=CO.CC=C(C)C.CC=C(C)C.CC=C(C)C.CC=C(C)C.CC=C(C)C.CC=C(C)C.CCC.CCC.CCC.CCC(=O)O. The summed E-state index contributed by atoms with van der Waals surface area (Å²) in [6.45, 7) is 55.2. The Kier molecular flexibility index (Phi) is 133. The molecular formula is C46H98O3. The van der Waals surface area contributed by atoms with Crippen LogP contribution in [0.15, 0.2) is 81.7 Å². The number of carboxylic acid groups (broad SMARTS) is 1. The Balaban J connectivity index is -0.0000000362. The second-order valence-corrected chi connectivity index (χ2v) is 12.3. The second kappa shape index (κ2) is 85.3. The molecule has 0 radical (unpaired) electrons. The Morgan fingerprint density at radius 2 is 0.429 bits per heavy atom. The molecule has 0 aliphatic heterocycles. The normalized spacial score (nSPS) is 6.84. The molecule has 0 aromatic carbocycles. The minimum absolute atomic E-state index is 0.222. The molecule has 0 aromatic heterocycles. The number of allylic oxidation sites excluding steroid dienone is 13. The molecule has 0 spiro atoms. The molecule has 3 nitrogen and oxygen atoms in total. The molecule has 0 unspecified atom stereocenters. The second-order valence-electron chi connectivity index (χ2n) is 12.3. The topological polar surface area (TPSA) is 57.5 Å². The fourth-order valence-electron chi connectivity index (χ4n) is 0. The van der Waals surface area contributed by atoms with Crippen LogP contribution in [-0.4, -0.2) is 16.2 Å². The average Bonchev–Trinajstić information content (AvgIpc) is 3.03.